The number of hydrogen-bond donors (Lipinski definition) is 1. The SMILES string of the molecule is CC(CC(F)(F)F)NCc1ccccc1C#N. The van der Waals surface area contributed by atoms with Crippen LogP contribution in [0.5, 0.6) is 0 Å². The smallest absolute Gasteiger partial charge is 0.310 e. The van der Waals surface area contributed by atoms with Gasteiger partial charge in [-0.2, -0.15) is 18.4 Å². The molecular formula is C12H13F3N2. The lowest BCUT2D eigenvalue weighted by Gasteiger charge is -2.16. The van der Waals surface area contributed by atoms with Crippen molar-refractivity contribution in [3.63, 3.8) is 0 Å². The second kappa shape index (κ2) is 5.69. The van der Waals surface area contributed by atoms with Gasteiger partial charge in [-0.1, -0.05) is 18.2 Å². The summed E-state index contributed by atoms with van der Waals surface area (Å²) >= 11 is 0. The predicted molar refractivity (Wildman–Crippen MR) is 58.1 cm³/mol. The van der Waals surface area contributed by atoms with Crippen LogP contribution < -0.4 is 5.32 Å². The van der Waals surface area contributed by atoms with E-state index in [-0.39, 0.29) is 6.54 Å². The van der Waals surface area contributed by atoms with E-state index in [9.17, 15) is 13.2 Å². The zero-order valence-electron chi connectivity index (χ0n) is 9.38. The van der Waals surface area contributed by atoms with Gasteiger partial charge in [0.25, 0.3) is 0 Å². The van der Waals surface area contributed by atoms with E-state index in [4.69, 9.17) is 5.26 Å². The molecule has 1 unspecified atom stereocenters. The fourth-order valence-electron chi connectivity index (χ4n) is 1.49. The molecule has 0 saturated carbocycles. The van der Waals surface area contributed by atoms with Crippen molar-refractivity contribution in [3.05, 3.63) is 35.4 Å². The first-order valence-electron chi connectivity index (χ1n) is 5.20. The van der Waals surface area contributed by atoms with Gasteiger partial charge in [-0.25, -0.2) is 0 Å². The molecule has 0 aliphatic carbocycles. The van der Waals surface area contributed by atoms with Crippen LogP contribution >= 0.6 is 0 Å². The van der Waals surface area contributed by atoms with E-state index in [1.54, 1.807) is 24.3 Å². The molecule has 2 nitrogen and oxygen atoms in total. The first-order chi connectivity index (χ1) is 7.92. The highest BCUT2D eigenvalue weighted by Gasteiger charge is 2.29. The summed E-state index contributed by atoms with van der Waals surface area (Å²) < 4.78 is 36.3. The molecule has 0 aliphatic rings. The van der Waals surface area contributed by atoms with E-state index < -0.39 is 18.6 Å². The lowest BCUT2D eigenvalue weighted by molar-refractivity contribution is -0.139. The molecule has 0 bridgehead atoms. The average Bonchev–Trinajstić information content (AvgIpc) is 2.24. The van der Waals surface area contributed by atoms with Crippen LogP contribution in [0, 0.1) is 11.3 Å². The van der Waals surface area contributed by atoms with Crippen LogP contribution in [-0.2, 0) is 6.54 Å². The number of nitriles is 1. The Labute approximate surface area is 98.1 Å². The van der Waals surface area contributed by atoms with Gasteiger partial charge in [0.05, 0.1) is 18.1 Å². The van der Waals surface area contributed by atoms with Crippen molar-refractivity contribution in [2.24, 2.45) is 0 Å². The standard InChI is InChI=1S/C12H13F3N2/c1-9(6-12(13,14)15)17-8-11-5-3-2-4-10(11)7-16/h2-5,9,17H,6,8H2,1H3. The molecule has 1 aromatic rings. The predicted octanol–water partition coefficient (Wildman–Crippen LogP) is 2.99. The first-order valence-corrected chi connectivity index (χ1v) is 5.20. The number of rotatable bonds is 4. The molecule has 1 rings (SSSR count). The lowest BCUT2D eigenvalue weighted by Crippen LogP contribution is -2.30. The summed E-state index contributed by atoms with van der Waals surface area (Å²) in [5.74, 6) is 0. The quantitative estimate of drug-likeness (QED) is 0.881. The lowest BCUT2D eigenvalue weighted by atomic mass is 10.1. The van der Waals surface area contributed by atoms with Gasteiger partial charge < -0.3 is 5.32 Å². The molecule has 0 radical (unpaired) electrons. The molecule has 0 heterocycles. The molecule has 1 N–H and O–H groups in total. The largest absolute Gasteiger partial charge is 0.390 e. The Balaban J connectivity index is 2.54. The Morgan fingerprint density at radius 3 is 2.59 bits per heavy atom. The Kier molecular flexibility index (Phi) is 4.53. The van der Waals surface area contributed by atoms with Gasteiger partial charge in [0, 0.05) is 12.6 Å². The van der Waals surface area contributed by atoms with Crippen LogP contribution in [0.1, 0.15) is 24.5 Å². The van der Waals surface area contributed by atoms with Crippen LogP contribution in [-0.4, -0.2) is 12.2 Å². The highest BCUT2D eigenvalue weighted by atomic mass is 19.4. The fraction of sp³-hybridized carbons (Fsp3) is 0.417. The maximum atomic E-state index is 12.1. The van der Waals surface area contributed by atoms with Crippen LogP contribution in [0.3, 0.4) is 0 Å². The summed E-state index contributed by atoms with van der Waals surface area (Å²) in [5.41, 5.74) is 1.20. The van der Waals surface area contributed by atoms with Crippen molar-refractivity contribution < 1.29 is 13.2 Å². The molecule has 0 spiro atoms. The van der Waals surface area contributed by atoms with Crippen molar-refractivity contribution in [1.29, 1.82) is 5.26 Å². The number of nitrogens with one attached hydrogen (secondary N) is 1. The number of hydrogen-bond acceptors (Lipinski definition) is 2. The molecule has 0 fully saturated rings. The van der Waals surface area contributed by atoms with Gasteiger partial charge in [-0.15, -0.1) is 0 Å². The number of nitrogens with zero attached hydrogens (tertiary/aromatic N) is 1. The first kappa shape index (κ1) is 13.5. The van der Waals surface area contributed by atoms with Gasteiger partial charge in [-0.3, -0.25) is 0 Å². The molecule has 17 heavy (non-hydrogen) atoms. The highest BCUT2D eigenvalue weighted by molar-refractivity contribution is 5.37. The van der Waals surface area contributed by atoms with Crippen molar-refractivity contribution in [1.82, 2.24) is 5.32 Å². The molecule has 92 valence electrons. The topological polar surface area (TPSA) is 35.8 Å². The zero-order valence-corrected chi connectivity index (χ0v) is 9.38. The summed E-state index contributed by atoms with van der Waals surface area (Å²) in [5, 5.41) is 11.6. The van der Waals surface area contributed by atoms with Gasteiger partial charge in [-0.05, 0) is 18.6 Å². The maximum absolute atomic E-state index is 12.1. The molecule has 0 aliphatic heterocycles. The summed E-state index contributed by atoms with van der Waals surface area (Å²) in [4.78, 5) is 0. The fourth-order valence-corrected chi connectivity index (χ4v) is 1.49. The molecule has 0 amide bonds. The summed E-state index contributed by atoms with van der Waals surface area (Å²) in [6.07, 6.45) is -5.04. The van der Waals surface area contributed by atoms with Gasteiger partial charge in [0.15, 0.2) is 0 Å². The Morgan fingerprint density at radius 2 is 2.00 bits per heavy atom. The normalized spacial score (nSPS) is 13.1. The van der Waals surface area contributed by atoms with Crippen LogP contribution in [0.2, 0.25) is 0 Å². The Hall–Kier alpha value is -1.54. The molecule has 1 aromatic carbocycles. The van der Waals surface area contributed by atoms with Crippen LogP contribution in [0.4, 0.5) is 13.2 Å². The van der Waals surface area contributed by atoms with Crippen LogP contribution in [0.15, 0.2) is 24.3 Å². The minimum atomic E-state index is -4.17. The zero-order chi connectivity index (χ0) is 12.9. The maximum Gasteiger partial charge on any atom is 0.390 e. The Bertz CT molecular complexity index is 407. The van der Waals surface area contributed by atoms with E-state index >= 15 is 0 Å². The van der Waals surface area contributed by atoms with E-state index in [1.165, 1.54) is 6.92 Å². The molecule has 0 saturated heterocycles. The van der Waals surface area contributed by atoms with Crippen molar-refractivity contribution in [3.8, 4) is 6.07 Å². The summed E-state index contributed by atoms with van der Waals surface area (Å²) in [6.45, 7) is 1.74. The number of halogens is 3. The van der Waals surface area contributed by atoms with E-state index in [1.807, 2.05) is 6.07 Å². The van der Waals surface area contributed by atoms with E-state index in [0.29, 0.717) is 11.1 Å². The molecule has 1 atom stereocenters. The van der Waals surface area contributed by atoms with Gasteiger partial charge in [0.1, 0.15) is 0 Å². The minimum absolute atomic E-state index is 0.265. The van der Waals surface area contributed by atoms with E-state index in [0.717, 1.165) is 0 Å². The minimum Gasteiger partial charge on any atom is -0.310 e. The molecular weight excluding hydrogens is 229 g/mol. The van der Waals surface area contributed by atoms with Crippen molar-refractivity contribution in [2.45, 2.75) is 32.1 Å². The second-order valence-corrected chi connectivity index (χ2v) is 3.87. The number of benzene rings is 1. The average molecular weight is 242 g/mol. The third kappa shape index (κ3) is 4.87. The van der Waals surface area contributed by atoms with Gasteiger partial charge >= 0.3 is 6.18 Å². The monoisotopic (exact) mass is 242 g/mol. The van der Waals surface area contributed by atoms with Crippen molar-refractivity contribution in [2.75, 3.05) is 0 Å². The Morgan fingerprint density at radius 1 is 1.35 bits per heavy atom. The summed E-state index contributed by atoms with van der Waals surface area (Å²) in [6, 6.07) is 8.19. The third-order valence-corrected chi connectivity index (χ3v) is 2.32. The highest BCUT2D eigenvalue weighted by Crippen LogP contribution is 2.21. The third-order valence-electron chi connectivity index (χ3n) is 2.32. The number of alkyl halides is 3. The second-order valence-electron chi connectivity index (χ2n) is 3.87. The molecule has 5 heteroatoms. The van der Waals surface area contributed by atoms with Crippen molar-refractivity contribution >= 4 is 0 Å². The summed E-state index contributed by atoms with van der Waals surface area (Å²) in [7, 11) is 0. The van der Waals surface area contributed by atoms with Crippen LogP contribution in [0.25, 0.3) is 0 Å². The van der Waals surface area contributed by atoms with E-state index in [2.05, 4.69) is 5.32 Å². The molecule has 0 aromatic heterocycles. The van der Waals surface area contributed by atoms with Gasteiger partial charge in [0.2, 0.25) is 0 Å².